The Morgan fingerprint density at radius 3 is 2.50 bits per heavy atom. The molecule has 0 spiro atoms. The molecule has 0 fully saturated rings. The summed E-state index contributed by atoms with van der Waals surface area (Å²) in [5, 5.41) is 12.1. The molecular weight excluding hydrogens is 294 g/mol. The summed E-state index contributed by atoms with van der Waals surface area (Å²) in [7, 11) is 0. The van der Waals surface area contributed by atoms with Gasteiger partial charge in [-0.25, -0.2) is 8.78 Å². The maximum atomic E-state index is 13.5. The number of amides is 1. The summed E-state index contributed by atoms with van der Waals surface area (Å²) in [4.78, 5) is 23.1. The lowest BCUT2D eigenvalue weighted by Crippen LogP contribution is -2.34. The average Bonchev–Trinajstić information content (AvgIpc) is 2.47. The zero-order valence-corrected chi connectivity index (χ0v) is 11.5. The molecule has 22 heavy (non-hydrogen) atoms. The van der Waals surface area contributed by atoms with Gasteiger partial charge in [-0.15, -0.1) is 0 Å². The van der Waals surface area contributed by atoms with Crippen LogP contribution in [0.25, 0.3) is 0 Å². The quantitative estimate of drug-likeness (QED) is 0.865. The summed E-state index contributed by atoms with van der Waals surface area (Å²) < 4.78 is 28.1. The van der Waals surface area contributed by atoms with E-state index in [4.69, 9.17) is 0 Å². The van der Waals surface area contributed by atoms with E-state index < -0.39 is 29.2 Å². The first-order valence-corrected chi connectivity index (χ1v) is 6.53. The summed E-state index contributed by atoms with van der Waals surface area (Å²) in [6, 6.07) is 7.66. The third kappa shape index (κ3) is 3.76. The van der Waals surface area contributed by atoms with E-state index in [9.17, 15) is 23.5 Å². The van der Waals surface area contributed by atoms with Crippen molar-refractivity contribution < 1.29 is 18.7 Å². The minimum atomic E-state index is -1.52. The monoisotopic (exact) mass is 308 g/mol. The molecule has 1 heterocycles. The molecule has 1 aromatic carbocycles. The van der Waals surface area contributed by atoms with Crippen molar-refractivity contribution in [2.45, 2.75) is 12.6 Å². The number of nitrogens with zero attached hydrogens (tertiary/aromatic N) is 1. The molecule has 0 saturated heterocycles. The molecule has 1 unspecified atom stereocenters. The fraction of sp³-hybridized carbons (Fsp3) is 0.200. The normalized spacial score (nSPS) is 12.0. The lowest BCUT2D eigenvalue weighted by molar-refractivity contribution is -0.122. The fourth-order valence-corrected chi connectivity index (χ4v) is 1.94. The van der Waals surface area contributed by atoms with Gasteiger partial charge in [0.15, 0.2) is 0 Å². The Morgan fingerprint density at radius 2 is 1.86 bits per heavy atom. The molecule has 2 N–H and O–H groups in total. The summed E-state index contributed by atoms with van der Waals surface area (Å²) in [6.07, 6.45) is -0.0767. The van der Waals surface area contributed by atoms with Gasteiger partial charge in [-0.3, -0.25) is 9.59 Å². The average molecular weight is 308 g/mol. The Hall–Kier alpha value is -2.54. The van der Waals surface area contributed by atoms with Crippen LogP contribution in [0.1, 0.15) is 11.7 Å². The lowest BCUT2D eigenvalue weighted by Gasteiger charge is -2.14. The van der Waals surface area contributed by atoms with Crippen LogP contribution in [-0.4, -0.2) is 22.1 Å². The molecule has 5 nitrogen and oxygen atoms in total. The van der Waals surface area contributed by atoms with Crippen LogP contribution in [0.15, 0.2) is 47.4 Å². The molecule has 0 aliphatic carbocycles. The molecule has 0 aliphatic rings. The van der Waals surface area contributed by atoms with Gasteiger partial charge in [-0.1, -0.05) is 12.1 Å². The Labute approximate surface area is 124 Å². The largest absolute Gasteiger partial charge is 0.386 e. The summed E-state index contributed by atoms with van der Waals surface area (Å²) in [5.74, 6) is -2.33. The van der Waals surface area contributed by atoms with Gasteiger partial charge in [0.1, 0.15) is 24.3 Å². The second kappa shape index (κ2) is 6.95. The second-order valence-electron chi connectivity index (χ2n) is 4.62. The molecule has 2 rings (SSSR count). The third-order valence-corrected chi connectivity index (χ3v) is 3.04. The molecule has 116 valence electrons. The molecule has 1 atom stereocenters. The van der Waals surface area contributed by atoms with Crippen molar-refractivity contribution in [1.29, 1.82) is 0 Å². The summed E-state index contributed by atoms with van der Waals surface area (Å²) >= 11 is 0. The van der Waals surface area contributed by atoms with Crippen molar-refractivity contribution in [1.82, 2.24) is 9.88 Å². The lowest BCUT2D eigenvalue weighted by atomic mass is 10.1. The van der Waals surface area contributed by atoms with E-state index in [1.807, 2.05) is 0 Å². The zero-order valence-electron chi connectivity index (χ0n) is 11.5. The van der Waals surface area contributed by atoms with Gasteiger partial charge >= 0.3 is 0 Å². The topological polar surface area (TPSA) is 71.3 Å². The van der Waals surface area contributed by atoms with Crippen molar-refractivity contribution in [2.24, 2.45) is 0 Å². The number of carbonyl (C=O) groups excluding carboxylic acids is 1. The number of nitrogens with one attached hydrogen (secondary N) is 1. The van der Waals surface area contributed by atoms with E-state index in [1.165, 1.54) is 22.9 Å². The molecule has 0 saturated carbocycles. The van der Waals surface area contributed by atoms with Gasteiger partial charge in [0.25, 0.3) is 5.56 Å². The van der Waals surface area contributed by atoms with Crippen LogP contribution in [0.3, 0.4) is 0 Å². The number of rotatable bonds is 5. The van der Waals surface area contributed by atoms with Gasteiger partial charge in [0, 0.05) is 18.8 Å². The highest BCUT2D eigenvalue weighted by molar-refractivity contribution is 5.75. The molecule has 1 amide bonds. The predicted molar refractivity (Wildman–Crippen MR) is 75.0 cm³/mol. The molecule has 0 radical (unpaired) electrons. The highest BCUT2D eigenvalue weighted by atomic mass is 19.1. The Morgan fingerprint density at radius 1 is 1.18 bits per heavy atom. The van der Waals surface area contributed by atoms with Crippen molar-refractivity contribution in [3.05, 3.63) is 70.1 Å². The van der Waals surface area contributed by atoms with E-state index in [1.54, 1.807) is 12.1 Å². The van der Waals surface area contributed by atoms with Crippen LogP contribution in [-0.2, 0) is 11.3 Å². The number of aliphatic hydroxyl groups excluding tert-OH is 1. The minimum Gasteiger partial charge on any atom is -0.386 e. The number of carbonyl (C=O) groups is 1. The van der Waals surface area contributed by atoms with E-state index in [2.05, 4.69) is 5.32 Å². The van der Waals surface area contributed by atoms with E-state index >= 15 is 0 Å². The highest BCUT2D eigenvalue weighted by Gasteiger charge is 2.18. The first-order chi connectivity index (χ1) is 10.5. The van der Waals surface area contributed by atoms with Crippen LogP contribution in [0.4, 0.5) is 8.78 Å². The molecule has 0 aliphatic heterocycles. The van der Waals surface area contributed by atoms with Crippen molar-refractivity contribution >= 4 is 5.91 Å². The molecule has 0 bridgehead atoms. The summed E-state index contributed by atoms with van der Waals surface area (Å²) in [6.45, 7) is -0.607. The highest BCUT2D eigenvalue weighted by Crippen LogP contribution is 2.19. The molecule has 7 heteroatoms. The third-order valence-electron chi connectivity index (χ3n) is 3.04. The van der Waals surface area contributed by atoms with Crippen molar-refractivity contribution in [3.63, 3.8) is 0 Å². The van der Waals surface area contributed by atoms with Gasteiger partial charge in [-0.05, 0) is 18.2 Å². The molecule has 2 aromatic rings. The first kappa shape index (κ1) is 15.8. The summed E-state index contributed by atoms with van der Waals surface area (Å²) in [5.41, 5.74) is -0.849. The number of hydrogen-bond acceptors (Lipinski definition) is 3. The standard InChI is InChI=1S/C15H14F2N2O3/c16-10-4-3-5-11(17)15(10)12(20)8-18-13(21)9-19-7-2-1-6-14(19)22/h1-7,12,20H,8-9H2,(H,18,21). The van der Waals surface area contributed by atoms with Crippen LogP contribution in [0.5, 0.6) is 0 Å². The Balaban J connectivity index is 1.97. The zero-order chi connectivity index (χ0) is 16.1. The van der Waals surface area contributed by atoms with Gasteiger partial charge in [-0.2, -0.15) is 0 Å². The minimum absolute atomic E-state index is 0.244. The Bertz CT molecular complexity index is 710. The SMILES string of the molecule is O=C(Cn1ccccc1=O)NCC(O)c1c(F)cccc1F. The van der Waals surface area contributed by atoms with Gasteiger partial charge in [0.2, 0.25) is 5.91 Å². The first-order valence-electron chi connectivity index (χ1n) is 6.53. The van der Waals surface area contributed by atoms with E-state index in [-0.39, 0.29) is 18.6 Å². The van der Waals surface area contributed by atoms with Gasteiger partial charge < -0.3 is 15.0 Å². The van der Waals surface area contributed by atoms with Crippen molar-refractivity contribution in [3.8, 4) is 0 Å². The van der Waals surface area contributed by atoms with E-state index in [0.29, 0.717) is 0 Å². The molecular formula is C15H14F2N2O3. The van der Waals surface area contributed by atoms with Gasteiger partial charge in [0.05, 0.1) is 5.56 Å². The number of halogens is 2. The smallest absolute Gasteiger partial charge is 0.250 e. The number of aliphatic hydroxyl groups is 1. The second-order valence-corrected chi connectivity index (χ2v) is 4.62. The number of pyridine rings is 1. The number of benzene rings is 1. The van der Waals surface area contributed by atoms with Crippen LogP contribution in [0, 0.1) is 11.6 Å². The van der Waals surface area contributed by atoms with Crippen LogP contribution >= 0.6 is 0 Å². The van der Waals surface area contributed by atoms with Crippen molar-refractivity contribution in [2.75, 3.05) is 6.54 Å². The maximum Gasteiger partial charge on any atom is 0.250 e. The fourth-order valence-electron chi connectivity index (χ4n) is 1.94. The Kier molecular flexibility index (Phi) is 5.00. The maximum absolute atomic E-state index is 13.5. The number of aromatic nitrogens is 1. The van der Waals surface area contributed by atoms with Crippen LogP contribution < -0.4 is 10.9 Å². The predicted octanol–water partition coefficient (Wildman–Crippen LogP) is 0.976. The number of hydrogen-bond donors (Lipinski definition) is 2. The van der Waals surface area contributed by atoms with E-state index in [0.717, 1.165) is 12.1 Å². The molecule has 1 aromatic heterocycles. The van der Waals surface area contributed by atoms with Crippen LogP contribution in [0.2, 0.25) is 0 Å².